The lowest BCUT2D eigenvalue weighted by Gasteiger charge is -2.06. The van der Waals surface area contributed by atoms with E-state index >= 15 is 0 Å². The zero-order chi connectivity index (χ0) is 12.0. The van der Waals surface area contributed by atoms with Gasteiger partial charge in [0.1, 0.15) is 0 Å². The van der Waals surface area contributed by atoms with Gasteiger partial charge in [-0.3, -0.25) is 0 Å². The summed E-state index contributed by atoms with van der Waals surface area (Å²) in [5.41, 5.74) is 1.78. The van der Waals surface area contributed by atoms with Gasteiger partial charge in [0.15, 0.2) is 9.84 Å². The average molecular weight is 242 g/mol. The molecular formula is C11H16NO3S. The number of nitrogens with one attached hydrogen (secondary N) is 1. The molecule has 16 heavy (non-hydrogen) atoms. The van der Waals surface area contributed by atoms with Crippen molar-refractivity contribution in [3.63, 3.8) is 0 Å². The maximum absolute atomic E-state index is 11.3. The van der Waals surface area contributed by atoms with Crippen LogP contribution >= 0.6 is 0 Å². The van der Waals surface area contributed by atoms with Gasteiger partial charge in [-0.25, -0.2) is 8.42 Å². The molecule has 0 aromatic heterocycles. The summed E-state index contributed by atoms with van der Waals surface area (Å²) >= 11 is 0. The average Bonchev–Trinajstić information content (AvgIpc) is 2.20. The van der Waals surface area contributed by atoms with Gasteiger partial charge in [-0.15, -0.1) is 0 Å². The molecule has 0 saturated heterocycles. The normalized spacial score (nSPS) is 11.4. The Kier molecular flexibility index (Phi) is 4.76. The van der Waals surface area contributed by atoms with E-state index in [2.05, 4.69) is 12.2 Å². The number of sulfone groups is 1. The quantitative estimate of drug-likeness (QED) is 0.770. The predicted octanol–water partition coefficient (Wildman–Crippen LogP) is 0.688. The van der Waals surface area contributed by atoms with Crippen molar-refractivity contribution in [2.45, 2.75) is 0 Å². The summed E-state index contributed by atoms with van der Waals surface area (Å²) in [5.74, 6) is -0.147. The Morgan fingerprint density at radius 1 is 1.19 bits per heavy atom. The number of hydrogen-bond donors (Lipinski definition) is 2. The molecule has 0 aliphatic carbocycles. The van der Waals surface area contributed by atoms with Gasteiger partial charge in [-0.2, -0.15) is 0 Å². The number of aliphatic hydroxyl groups excluding tert-OH is 1. The van der Waals surface area contributed by atoms with Crippen LogP contribution in [-0.2, 0) is 9.84 Å². The number of hydrogen-bond acceptors (Lipinski definition) is 4. The predicted molar refractivity (Wildman–Crippen MR) is 65.1 cm³/mol. The van der Waals surface area contributed by atoms with Crippen LogP contribution in [0.25, 0.3) is 0 Å². The van der Waals surface area contributed by atoms with E-state index in [1.165, 1.54) is 0 Å². The zero-order valence-corrected chi connectivity index (χ0v) is 9.83. The van der Waals surface area contributed by atoms with Crippen LogP contribution in [0.4, 0.5) is 5.69 Å². The fourth-order valence-corrected chi connectivity index (χ4v) is 2.11. The monoisotopic (exact) mass is 242 g/mol. The molecule has 0 bridgehead atoms. The van der Waals surface area contributed by atoms with Crippen molar-refractivity contribution in [2.75, 3.05) is 30.0 Å². The van der Waals surface area contributed by atoms with Crippen molar-refractivity contribution in [2.24, 2.45) is 0 Å². The standard InChI is InChI=1S/C11H16NO3S/c1-10-2-4-11(5-3-10)12-6-8-16(14,15)9-7-13/h2-5,12-13H,1,6-9H2. The van der Waals surface area contributed by atoms with E-state index < -0.39 is 9.84 Å². The van der Waals surface area contributed by atoms with Gasteiger partial charge in [0, 0.05) is 12.2 Å². The molecule has 1 aromatic carbocycles. The minimum Gasteiger partial charge on any atom is -0.395 e. The molecule has 0 unspecified atom stereocenters. The van der Waals surface area contributed by atoms with Gasteiger partial charge in [0.25, 0.3) is 0 Å². The third-order valence-corrected chi connectivity index (χ3v) is 3.73. The molecule has 0 heterocycles. The summed E-state index contributed by atoms with van der Waals surface area (Å²) in [6, 6.07) is 7.40. The summed E-state index contributed by atoms with van der Waals surface area (Å²) in [6.07, 6.45) is 0. The van der Waals surface area contributed by atoms with Crippen molar-refractivity contribution >= 4 is 15.5 Å². The molecule has 0 atom stereocenters. The Balaban J connectivity index is 2.39. The first-order valence-electron chi connectivity index (χ1n) is 5.01. The van der Waals surface area contributed by atoms with Gasteiger partial charge >= 0.3 is 0 Å². The lowest BCUT2D eigenvalue weighted by atomic mass is 10.2. The SMILES string of the molecule is [CH2]c1ccc(NCCS(=O)(=O)CCO)cc1. The highest BCUT2D eigenvalue weighted by molar-refractivity contribution is 7.91. The molecule has 0 fully saturated rings. The molecule has 0 aliphatic heterocycles. The second kappa shape index (κ2) is 5.86. The van der Waals surface area contributed by atoms with Crippen molar-refractivity contribution < 1.29 is 13.5 Å². The molecule has 0 saturated carbocycles. The van der Waals surface area contributed by atoms with Crippen LogP contribution in [0, 0.1) is 6.92 Å². The van der Waals surface area contributed by atoms with Gasteiger partial charge in [0.05, 0.1) is 18.1 Å². The highest BCUT2D eigenvalue weighted by atomic mass is 32.2. The third-order valence-electron chi connectivity index (χ3n) is 2.10. The molecule has 0 amide bonds. The summed E-state index contributed by atoms with van der Waals surface area (Å²) in [4.78, 5) is 0. The van der Waals surface area contributed by atoms with Crippen LogP contribution in [-0.4, -0.2) is 38.2 Å². The first-order valence-corrected chi connectivity index (χ1v) is 6.83. The number of aliphatic hydroxyl groups is 1. The van der Waals surface area contributed by atoms with Crippen LogP contribution in [0.1, 0.15) is 5.56 Å². The van der Waals surface area contributed by atoms with Crippen LogP contribution in [0.3, 0.4) is 0 Å². The maximum atomic E-state index is 11.3. The minimum atomic E-state index is -3.13. The van der Waals surface area contributed by atoms with E-state index in [-0.39, 0.29) is 18.1 Å². The van der Waals surface area contributed by atoms with Crippen molar-refractivity contribution in [1.82, 2.24) is 0 Å². The van der Waals surface area contributed by atoms with Gasteiger partial charge < -0.3 is 10.4 Å². The van der Waals surface area contributed by atoms with Gasteiger partial charge in [0.2, 0.25) is 0 Å². The molecule has 4 nitrogen and oxygen atoms in total. The Hall–Kier alpha value is -1.07. The van der Waals surface area contributed by atoms with E-state index in [0.717, 1.165) is 11.3 Å². The van der Waals surface area contributed by atoms with Crippen molar-refractivity contribution in [3.8, 4) is 0 Å². The minimum absolute atomic E-state index is 0.0275. The Morgan fingerprint density at radius 2 is 1.81 bits per heavy atom. The molecule has 1 aromatic rings. The molecule has 89 valence electrons. The summed E-state index contributed by atoms with van der Waals surface area (Å²) in [7, 11) is -3.13. The van der Waals surface area contributed by atoms with Gasteiger partial charge in [-0.05, 0) is 24.6 Å². The van der Waals surface area contributed by atoms with Crippen molar-refractivity contribution in [1.29, 1.82) is 0 Å². The number of anilines is 1. The molecule has 5 heteroatoms. The first kappa shape index (κ1) is 13.0. The van der Waals surface area contributed by atoms with Gasteiger partial charge in [-0.1, -0.05) is 12.1 Å². The Bertz CT molecular complexity index is 411. The summed E-state index contributed by atoms with van der Waals surface area (Å²) in [5, 5.41) is 11.5. The maximum Gasteiger partial charge on any atom is 0.154 e. The summed E-state index contributed by atoms with van der Waals surface area (Å²) < 4.78 is 22.5. The number of benzene rings is 1. The largest absolute Gasteiger partial charge is 0.395 e. The zero-order valence-electron chi connectivity index (χ0n) is 9.02. The van der Waals surface area contributed by atoms with E-state index in [4.69, 9.17) is 5.11 Å². The topological polar surface area (TPSA) is 66.4 Å². The molecule has 0 aliphatic rings. The van der Waals surface area contributed by atoms with Crippen LogP contribution in [0.5, 0.6) is 0 Å². The Morgan fingerprint density at radius 3 is 2.38 bits per heavy atom. The summed E-state index contributed by atoms with van der Waals surface area (Å²) in [6.45, 7) is 3.78. The fraction of sp³-hybridized carbons (Fsp3) is 0.364. The second-order valence-corrected chi connectivity index (χ2v) is 5.80. The van der Waals surface area contributed by atoms with Crippen LogP contribution < -0.4 is 5.32 Å². The molecule has 1 radical (unpaired) electrons. The molecule has 1 rings (SSSR count). The second-order valence-electron chi connectivity index (χ2n) is 3.50. The van der Waals surface area contributed by atoms with E-state index in [9.17, 15) is 8.42 Å². The fourth-order valence-electron chi connectivity index (χ4n) is 1.21. The molecule has 0 spiro atoms. The van der Waals surface area contributed by atoms with E-state index in [0.29, 0.717) is 6.54 Å². The molecule has 2 N–H and O–H groups in total. The molecular weight excluding hydrogens is 226 g/mol. The van der Waals surface area contributed by atoms with Crippen LogP contribution in [0.15, 0.2) is 24.3 Å². The number of rotatable bonds is 6. The third kappa shape index (κ3) is 4.63. The van der Waals surface area contributed by atoms with E-state index in [1.54, 1.807) is 0 Å². The Labute approximate surface area is 96.2 Å². The highest BCUT2D eigenvalue weighted by Crippen LogP contribution is 2.07. The van der Waals surface area contributed by atoms with Crippen molar-refractivity contribution in [3.05, 3.63) is 36.8 Å². The first-order chi connectivity index (χ1) is 7.53. The lowest BCUT2D eigenvalue weighted by molar-refractivity contribution is 0.319. The highest BCUT2D eigenvalue weighted by Gasteiger charge is 2.08. The van der Waals surface area contributed by atoms with E-state index in [1.807, 2.05) is 24.3 Å². The lowest BCUT2D eigenvalue weighted by Crippen LogP contribution is -2.20. The van der Waals surface area contributed by atoms with Crippen LogP contribution in [0.2, 0.25) is 0 Å². The smallest absolute Gasteiger partial charge is 0.154 e.